The molecule has 1 atom stereocenters. The van der Waals surface area contributed by atoms with Crippen molar-refractivity contribution >= 4 is 27.0 Å². The van der Waals surface area contributed by atoms with Gasteiger partial charge >= 0.3 is 5.69 Å². The molecule has 4 nitrogen and oxygen atoms in total. The second kappa shape index (κ2) is 5.13. The van der Waals surface area contributed by atoms with Crippen LogP contribution >= 0.6 is 15.9 Å². The average molecular weight is 351 g/mol. The first-order valence-electron chi connectivity index (χ1n) is 6.30. The Morgan fingerprint density at radius 3 is 2.48 bits per heavy atom. The maximum absolute atomic E-state index is 13.5. The summed E-state index contributed by atoms with van der Waals surface area (Å²) >= 11 is 3.37. The third-order valence-electron chi connectivity index (χ3n) is 3.31. The van der Waals surface area contributed by atoms with Gasteiger partial charge in [-0.05, 0) is 42.3 Å². The van der Waals surface area contributed by atoms with Crippen LogP contribution in [0.25, 0.3) is 11.0 Å². The van der Waals surface area contributed by atoms with Crippen molar-refractivity contribution in [1.29, 1.82) is 0 Å². The topological polar surface area (TPSA) is 68.9 Å². The van der Waals surface area contributed by atoms with E-state index < -0.39 is 11.9 Å². The molecule has 0 spiro atoms. The second-order valence-electron chi connectivity index (χ2n) is 4.96. The van der Waals surface area contributed by atoms with Crippen LogP contribution in [0.4, 0.5) is 4.39 Å². The van der Waals surface area contributed by atoms with Crippen LogP contribution < -0.4 is 5.69 Å². The molecule has 0 aliphatic rings. The molecule has 0 fully saturated rings. The molecule has 108 valence electrons. The highest BCUT2D eigenvalue weighted by Crippen LogP contribution is 2.31. The number of H-pyrrole nitrogens is 2. The van der Waals surface area contributed by atoms with Gasteiger partial charge in [-0.25, -0.2) is 9.18 Å². The number of aliphatic hydroxyl groups is 1. The molecular weight excluding hydrogens is 339 g/mol. The van der Waals surface area contributed by atoms with Crippen LogP contribution in [0.5, 0.6) is 0 Å². The highest BCUT2D eigenvalue weighted by molar-refractivity contribution is 9.10. The van der Waals surface area contributed by atoms with Gasteiger partial charge in [0.2, 0.25) is 0 Å². The van der Waals surface area contributed by atoms with E-state index in [9.17, 15) is 14.3 Å². The molecule has 3 aromatic rings. The average Bonchev–Trinajstić information content (AvgIpc) is 2.75. The molecule has 0 bridgehead atoms. The van der Waals surface area contributed by atoms with Crippen LogP contribution in [0.1, 0.15) is 22.8 Å². The Morgan fingerprint density at radius 1 is 1.14 bits per heavy atom. The fourth-order valence-corrected chi connectivity index (χ4v) is 2.94. The zero-order chi connectivity index (χ0) is 15.1. The summed E-state index contributed by atoms with van der Waals surface area (Å²) in [5, 5.41) is 10.5. The Balaban J connectivity index is 2.13. The van der Waals surface area contributed by atoms with Gasteiger partial charge in [-0.2, -0.15) is 0 Å². The van der Waals surface area contributed by atoms with E-state index in [4.69, 9.17) is 0 Å². The molecule has 6 heteroatoms. The molecule has 1 heterocycles. The van der Waals surface area contributed by atoms with Crippen LogP contribution in [0.2, 0.25) is 0 Å². The SMILES string of the molecule is Cc1cc(F)cc(C(O)c2cc3[nH]c(=O)[nH]c3cc2Br)c1. The molecule has 0 aliphatic carbocycles. The summed E-state index contributed by atoms with van der Waals surface area (Å²) in [5.41, 5.74) is 2.67. The van der Waals surface area contributed by atoms with Gasteiger partial charge < -0.3 is 15.1 Å². The standard InChI is InChI=1S/C15H12BrFN2O2/c1-7-2-8(4-9(17)3-7)14(20)10-5-12-13(6-11(10)16)19-15(21)18-12/h2-6,14,20H,1H3,(H2,18,19,21). The number of aliphatic hydroxyl groups excluding tert-OH is 1. The molecule has 3 rings (SSSR count). The maximum atomic E-state index is 13.5. The smallest absolute Gasteiger partial charge is 0.323 e. The first-order chi connectivity index (χ1) is 9.94. The second-order valence-corrected chi connectivity index (χ2v) is 5.82. The van der Waals surface area contributed by atoms with Crippen molar-refractivity contribution in [2.45, 2.75) is 13.0 Å². The molecule has 2 aromatic carbocycles. The van der Waals surface area contributed by atoms with Gasteiger partial charge in [-0.1, -0.05) is 22.0 Å². The Bertz CT molecular complexity index is 865. The van der Waals surface area contributed by atoms with E-state index in [0.717, 1.165) is 5.56 Å². The predicted octanol–water partition coefficient (Wildman–Crippen LogP) is 3.15. The lowest BCUT2D eigenvalue weighted by molar-refractivity contribution is 0.219. The van der Waals surface area contributed by atoms with Crippen molar-refractivity contribution in [3.63, 3.8) is 0 Å². The van der Waals surface area contributed by atoms with Crippen molar-refractivity contribution < 1.29 is 9.50 Å². The number of fused-ring (bicyclic) bond motifs is 1. The van der Waals surface area contributed by atoms with Gasteiger partial charge in [0.05, 0.1) is 11.0 Å². The summed E-state index contributed by atoms with van der Waals surface area (Å²) in [7, 11) is 0. The lowest BCUT2D eigenvalue weighted by atomic mass is 9.99. The monoisotopic (exact) mass is 350 g/mol. The number of halogens is 2. The molecule has 1 aromatic heterocycles. The lowest BCUT2D eigenvalue weighted by Crippen LogP contribution is -2.02. The first kappa shape index (κ1) is 14.0. The number of benzene rings is 2. The summed E-state index contributed by atoms with van der Waals surface area (Å²) in [6.07, 6.45) is -0.989. The number of imidazole rings is 1. The fourth-order valence-electron chi connectivity index (χ4n) is 2.38. The van der Waals surface area contributed by atoms with Gasteiger partial charge in [-0.15, -0.1) is 0 Å². The van der Waals surface area contributed by atoms with E-state index in [1.807, 2.05) is 0 Å². The van der Waals surface area contributed by atoms with Crippen LogP contribution in [0.15, 0.2) is 39.6 Å². The quantitative estimate of drug-likeness (QED) is 0.664. The Hall–Kier alpha value is -1.92. The number of hydrogen-bond donors (Lipinski definition) is 3. The number of hydrogen-bond acceptors (Lipinski definition) is 2. The van der Waals surface area contributed by atoms with Crippen molar-refractivity contribution in [1.82, 2.24) is 9.97 Å². The van der Waals surface area contributed by atoms with Crippen LogP contribution in [0, 0.1) is 12.7 Å². The van der Waals surface area contributed by atoms with Gasteiger partial charge in [0.1, 0.15) is 11.9 Å². The highest BCUT2D eigenvalue weighted by Gasteiger charge is 2.16. The third kappa shape index (κ3) is 2.64. The number of aromatic amines is 2. The lowest BCUT2D eigenvalue weighted by Gasteiger charge is -2.14. The first-order valence-corrected chi connectivity index (χ1v) is 7.10. The van der Waals surface area contributed by atoms with Gasteiger partial charge in [-0.3, -0.25) is 0 Å². The number of aromatic nitrogens is 2. The fraction of sp³-hybridized carbons (Fsp3) is 0.133. The minimum Gasteiger partial charge on any atom is -0.384 e. The molecule has 0 saturated carbocycles. The largest absolute Gasteiger partial charge is 0.384 e. The number of rotatable bonds is 2. The Labute approximate surface area is 127 Å². The number of aryl methyl sites for hydroxylation is 1. The van der Waals surface area contributed by atoms with E-state index in [2.05, 4.69) is 25.9 Å². The van der Waals surface area contributed by atoms with E-state index >= 15 is 0 Å². The van der Waals surface area contributed by atoms with E-state index in [1.165, 1.54) is 12.1 Å². The zero-order valence-electron chi connectivity index (χ0n) is 11.1. The van der Waals surface area contributed by atoms with Crippen molar-refractivity contribution in [2.24, 2.45) is 0 Å². The Morgan fingerprint density at radius 2 is 1.81 bits per heavy atom. The summed E-state index contributed by atoms with van der Waals surface area (Å²) in [6.45, 7) is 1.77. The molecule has 3 N–H and O–H groups in total. The molecule has 0 aliphatic heterocycles. The van der Waals surface area contributed by atoms with Gasteiger partial charge in [0.15, 0.2) is 0 Å². The highest BCUT2D eigenvalue weighted by atomic mass is 79.9. The molecule has 0 saturated heterocycles. The number of nitrogens with one attached hydrogen (secondary N) is 2. The van der Waals surface area contributed by atoms with Gasteiger partial charge in [0.25, 0.3) is 0 Å². The van der Waals surface area contributed by atoms with E-state index in [0.29, 0.717) is 26.6 Å². The van der Waals surface area contributed by atoms with Gasteiger partial charge in [0, 0.05) is 10.0 Å². The summed E-state index contributed by atoms with van der Waals surface area (Å²) < 4.78 is 14.1. The van der Waals surface area contributed by atoms with E-state index in [-0.39, 0.29) is 5.69 Å². The third-order valence-corrected chi connectivity index (χ3v) is 3.99. The predicted molar refractivity (Wildman–Crippen MR) is 81.8 cm³/mol. The zero-order valence-corrected chi connectivity index (χ0v) is 12.7. The summed E-state index contributed by atoms with van der Waals surface area (Å²) in [5.74, 6) is -0.392. The van der Waals surface area contributed by atoms with Crippen LogP contribution in [-0.2, 0) is 0 Å². The minimum absolute atomic E-state index is 0.315. The van der Waals surface area contributed by atoms with Crippen LogP contribution in [-0.4, -0.2) is 15.1 Å². The minimum atomic E-state index is -0.989. The molecule has 0 radical (unpaired) electrons. The Kier molecular flexibility index (Phi) is 3.43. The van der Waals surface area contributed by atoms with E-state index in [1.54, 1.807) is 25.1 Å². The van der Waals surface area contributed by atoms with Crippen molar-refractivity contribution in [3.8, 4) is 0 Å². The molecule has 0 amide bonds. The summed E-state index contributed by atoms with van der Waals surface area (Å²) in [4.78, 5) is 16.6. The summed E-state index contributed by atoms with van der Waals surface area (Å²) in [6, 6.07) is 7.80. The van der Waals surface area contributed by atoms with Crippen LogP contribution in [0.3, 0.4) is 0 Å². The molecule has 21 heavy (non-hydrogen) atoms. The molecular formula is C15H12BrFN2O2. The normalized spacial score (nSPS) is 12.8. The molecule has 1 unspecified atom stereocenters. The van der Waals surface area contributed by atoms with Crippen molar-refractivity contribution in [2.75, 3.05) is 0 Å². The maximum Gasteiger partial charge on any atom is 0.323 e. The van der Waals surface area contributed by atoms with Crippen molar-refractivity contribution in [3.05, 3.63) is 67.8 Å².